The van der Waals surface area contributed by atoms with E-state index in [0.29, 0.717) is 6.61 Å². The molecule has 0 aliphatic carbocycles. The molecule has 6 nitrogen and oxygen atoms in total. The Labute approximate surface area is 87.2 Å². The Balaban J connectivity index is 3.21. The van der Waals surface area contributed by atoms with Crippen molar-refractivity contribution in [3.05, 3.63) is 11.6 Å². The number of nitrogen functional groups attached to an aromatic ring is 2. The molecule has 0 fully saturated rings. The van der Waals surface area contributed by atoms with Crippen LogP contribution in [0.3, 0.4) is 0 Å². The molecule has 0 bridgehead atoms. The lowest BCUT2D eigenvalue weighted by molar-refractivity contribution is 0.0595. The first-order valence-electron chi connectivity index (χ1n) is 4.37. The zero-order chi connectivity index (χ0) is 11.4. The van der Waals surface area contributed by atoms with Crippen LogP contribution >= 0.6 is 0 Å². The fourth-order valence-electron chi connectivity index (χ4n) is 1.03. The van der Waals surface area contributed by atoms with E-state index in [1.807, 2.05) is 0 Å². The summed E-state index contributed by atoms with van der Waals surface area (Å²) in [4.78, 5) is 15.2. The van der Waals surface area contributed by atoms with Crippen LogP contribution in [0.2, 0.25) is 0 Å². The van der Waals surface area contributed by atoms with E-state index < -0.39 is 5.97 Å². The molecule has 6 heteroatoms. The molecule has 0 spiro atoms. The number of ether oxygens (including phenoxy) is 2. The summed E-state index contributed by atoms with van der Waals surface area (Å²) in [6.45, 7) is 2.15. The number of rotatable bonds is 3. The van der Waals surface area contributed by atoms with Crippen LogP contribution in [0.4, 0.5) is 11.5 Å². The van der Waals surface area contributed by atoms with Crippen LogP contribution in [-0.4, -0.2) is 24.7 Å². The highest BCUT2D eigenvalue weighted by Crippen LogP contribution is 2.23. The van der Waals surface area contributed by atoms with E-state index in [4.69, 9.17) is 16.2 Å². The molecular weight excluding hydrogens is 198 g/mol. The lowest BCUT2D eigenvalue weighted by Crippen LogP contribution is -2.10. The first kappa shape index (κ1) is 11.1. The Morgan fingerprint density at radius 2 is 2.20 bits per heavy atom. The molecule has 4 N–H and O–H groups in total. The summed E-state index contributed by atoms with van der Waals surface area (Å²) in [7, 11) is 1.27. The number of carbonyl (C=O) groups is 1. The molecule has 0 unspecified atom stereocenters. The van der Waals surface area contributed by atoms with Crippen LogP contribution in [0.25, 0.3) is 0 Å². The minimum absolute atomic E-state index is 0.131. The predicted octanol–water partition coefficient (Wildman–Crippen LogP) is 0.431. The molecule has 0 saturated heterocycles. The van der Waals surface area contributed by atoms with Gasteiger partial charge in [-0.15, -0.1) is 0 Å². The largest absolute Gasteiger partial charge is 0.477 e. The van der Waals surface area contributed by atoms with E-state index in [9.17, 15) is 4.79 Å². The van der Waals surface area contributed by atoms with Crippen molar-refractivity contribution in [1.82, 2.24) is 4.98 Å². The number of carbonyl (C=O) groups excluding carboxylic acids is 1. The maximum Gasteiger partial charge on any atom is 0.343 e. The summed E-state index contributed by atoms with van der Waals surface area (Å²) >= 11 is 0. The molecule has 0 aliphatic rings. The Morgan fingerprint density at radius 3 is 2.73 bits per heavy atom. The van der Waals surface area contributed by atoms with E-state index in [1.54, 1.807) is 6.92 Å². The molecule has 15 heavy (non-hydrogen) atoms. The number of aromatic nitrogens is 1. The molecule has 1 aromatic rings. The summed E-state index contributed by atoms with van der Waals surface area (Å²) in [5.74, 6) is -0.292. The zero-order valence-electron chi connectivity index (χ0n) is 8.61. The smallest absolute Gasteiger partial charge is 0.343 e. The third-order valence-electron chi connectivity index (χ3n) is 1.73. The van der Waals surface area contributed by atoms with Crippen molar-refractivity contribution in [3.8, 4) is 5.88 Å². The van der Waals surface area contributed by atoms with E-state index in [2.05, 4.69) is 9.72 Å². The van der Waals surface area contributed by atoms with Gasteiger partial charge in [0.25, 0.3) is 0 Å². The molecule has 0 atom stereocenters. The van der Waals surface area contributed by atoms with Crippen molar-refractivity contribution < 1.29 is 14.3 Å². The summed E-state index contributed by atoms with van der Waals surface area (Å²) in [5, 5.41) is 0. The van der Waals surface area contributed by atoms with Crippen LogP contribution in [-0.2, 0) is 4.74 Å². The van der Waals surface area contributed by atoms with Crippen LogP contribution < -0.4 is 16.2 Å². The number of hydrogen-bond donors (Lipinski definition) is 2. The van der Waals surface area contributed by atoms with E-state index >= 15 is 0 Å². The Hall–Kier alpha value is -1.98. The Morgan fingerprint density at radius 1 is 1.53 bits per heavy atom. The molecule has 1 rings (SSSR count). The highest BCUT2D eigenvalue weighted by Gasteiger charge is 2.16. The maximum absolute atomic E-state index is 11.3. The van der Waals surface area contributed by atoms with Gasteiger partial charge in [-0.2, -0.15) is 4.98 Å². The van der Waals surface area contributed by atoms with Crippen molar-refractivity contribution in [2.45, 2.75) is 6.92 Å². The van der Waals surface area contributed by atoms with Gasteiger partial charge in [-0.05, 0) is 13.0 Å². The summed E-state index contributed by atoms with van der Waals surface area (Å²) < 4.78 is 9.71. The standard InChI is InChI=1S/C9H13N3O3/c1-3-15-8-5(9(13)14-2)4-6(10)7(11)12-8/h4H,3,10H2,1-2H3,(H2,11,12). The normalized spacial score (nSPS) is 9.73. The fraction of sp³-hybridized carbons (Fsp3) is 0.333. The van der Waals surface area contributed by atoms with Crippen molar-refractivity contribution in [2.75, 3.05) is 25.2 Å². The first-order valence-corrected chi connectivity index (χ1v) is 4.37. The zero-order valence-corrected chi connectivity index (χ0v) is 8.61. The molecule has 0 saturated carbocycles. The minimum Gasteiger partial charge on any atom is -0.477 e. The van der Waals surface area contributed by atoms with Gasteiger partial charge in [-0.25, -0.2) is 4.79 Å². The molecule has 82 valence electrons. The SMILES string of the molecule is CCOc1nc(N)c(N)cc1C(=O)OC. The van der Waals surface area contributed by atoms with E-state index in [-0.39, 0.29) is 22.9 Å². The third-order valence-corrected chi connectivity index (χ3v) is 1.73. The maximum atomic E-state index is 11.3. The van der Waals surface area contributed by atoms with Gasteiger partial charge < -0.3 is 20.9 Å². The monoisotopic (exact) mass is 211 g/mol. The predicted molar refractivity (Wildman–Crippen MR) is 55.6 cm³/mol. The second-order valence-corrected chi connectivity index (χ2v) is 2.74. The topological polar surface area (TPSA) is 100 Å². The number of methoxy groups -OCH3 is 1. The van der Waals surface area contributed by atoms with E-state index in [0.717, 1.165) is 0 Å². The van der Waals surface area contributed by atoms with Crippen LogP contribution in [0, 0.1) is 0 Å². The highest BCUT2D eigenvalue weighted by atomic mass is 16.5. The minimum atomic E-state index is -0.558. The van der Waals surface area contributed by atoms with Gasteiger partial charge in [0.1, 0.15) is 5.56 Å². The molecule has 0 aromatic carbocycles. The highest BCUT2D eigenvalue weighted by molar-refractivity contribution is 5.93. The third kappa shape index (κ3) is 2.28. The number of pyridine rings is 1. The van der Waals surface area contributed by atoms with Crippen molar-refractivity contribution >= 4 is 17.5 Å². The first-order chi connectivity index (χ1) is 7.10. The van der Waals surface area contributed by atoms with Gasteiger partial charge in [-0.1, -0.05) is 0 Å². The number of hydrogen-bond acceptors (Lipinski definition) is 6. The summed E-state index contributed by atoms with van der Waals surface area (Å²) in [6.07, 6.45) is 0. The van der Waals surface area contributed by atoms with Crippen molar-refractivity contribution in [3.63, 3.8) is 0 Å². The number of nitrogens with zero attached hydrogens (tertiary/aromatic N) is 1. The Kier molecular flexibility index (Phi) is 3.33. The average molecular weight is 211 g/mol. The number of nitrogens with two attached hydrogens (primary N) is 2. The van der Waals surface area contributed by atoms with Gasteiger partial charge >= 0.3 is 5.97 Å². The molecule has 1 heterocycles. The van der Waals surface area contributed by atoms with Gasteiger partial charge in [0.05, 0.1) is 19.4 Å². The number of esters is 1. The molecular formula is C9H13N3O3. The van der Waals surface area contributed by atoms with Crippen LogP contribution in [0.5, 0.6) is 5.88 Å². The molecule has 1 aromatic heterocycles. The summed E-state index contributed by atoms with van der Waals surface area (Å²) in [6, 6.07) is 1.39. The lowest BCUT2D eigenvalue weighted by atomic mass is 10.2. The lowest BCUT2D eigenvalue weighted by Gasteiger charge is -2.09. The quantitative estimate of drug-likeness (QED) is 0.703. The van der Waals surface area contributed by atoms with Crippen molar-refractivity contribution in [1.29, 1.82) is 0 Å². The summed E-state index contributed by atoms with van der Waals surface area (Å²) in [5.41, 5.74) is 11.4. The van der Waals surface area contributed by atoms with Gasteiger partial charge in [0.15, 0.2) is 5.82 Å². The molecule has 0 amide bonds. The van der Waals surface area contributed by atoms with Crippen LogP contribution in [0.1, 0.15) is 17.3 Å². The Bertz CT molecular complexity index is 379. The second-order valence-electron chi connectivity index (χ2n) is 2.74. The molecule has 0 aliphatic heterocycles. The van der Waals surface area contributed by atoms with Crippen LogP contribution in [0.15, 0.2) is 6.07 Å². The second kappa shape index (κ2) is 4.50. The molecule has 0 radical (unpaired) electrons. The van der Waals surface area contributed by atoms with E-state index in [1.165, 1.54) is 13.2 Å². The van der Waals surface area contributed by atoms with Gasteiger partial charge in [0, 0.05) is 0 Å². The fourth-order valence-corrected chi connectivity index (χ4v) is 1.03. The van der Waals surface area contributed by atoms with Gasteiger partial charge in [0.2, 0.25) is 5.88 Å². The van der Waals surface area contributed by atoms with Crippen molar-refractivity contribution in [2.24, 2.45) is 0 Å². The van der Waals surface area contributed by atoms with Gasteiger partial charge in [-0.3, -0.25) is 0 Å². The average Bonchev–Trinajstić information content (AvgIpc) is 2.22. The number of anilines is 2.